The molecule has 152 valence electrons. The van der Waals surface area contributed by atoms with Crippen LogP contribution < -0.4 is 11.1 Å². The first-order chi connectivity index (χ1) is 13.3. The topological polar surface area (TPSA) is 68.9 Å². The smallest absolute Gasteiger partial charge is 0.188 e. The third kappa shape index (κ3) is 9.78. The van der Waals surface area contributed by atoms with Gasteiger partial charge in [-0.3, -0.25) is 0 Å². The van der Waals surface area contributed by atoms with Crippen molar-refractivity contribution in [3.63, 3.8) is 0 Å². The lowest BCUT2D eigenvalue weighted by Crippen LogP contribution is -2.32. The number of unbranched alkanes of at least 4 members (excludes halogenated alkanes) is 5. The van der Waals surface area contributed by atoms with E-state index in [1.807, 2.05) is 0 Å². The summed E-state index contributed by atoms with van der Waals surface area (Å²) in [5.41, 5.74) is 8.33. The lowest BCUT2D eigenvalue weighted by Gasteiger charge is -2.22. The van der Waals surface area contributed by atoms with Crippen molar-refractivity contribution in [3.05, 3.63) is 35.4 Å². The molecule has 5 heteroatoms. The minimum absolute atomic E-state index is 0.322. The van der Waals surface area contributed by atoms with Crippen LogP contribution in [0.2, 0.25) is 0 Å². The van der Waals surface area contributed by atoms with Gasteiger partial charge in [-0.2, -0.15) is 0 Å². The molecular weight excluding hydrogens is 338 g/mol. The number of nitrogens with two attached hydrogens (primary N) is 1. The first kappa shape index (κ1) is 21.7. The zero-order valence-corrected chi connectivity index (χ0v) is 16.9. The number of nitrogens with one attached hydrogen (secondary N) is 1. The lowest BCUT2D eigenvalue weighted by atomic mass is 10.1. The predicted molar refractivity (Wildman–Crippen MR) is 112 cm³/mol. The maximum Gasteiger partial charge on any atom is 0.188 e. The van der Waals surface area contributed by atoms with Crippen LogP contribution in [0.4, 0.5) is 0 Å². The van der Waals surface area contributed by atoms with E-state index in [0.717, 1.165) is 44.6 Å². The summed E-state index contributed by atoms with van der Waals surface area (Å²) in [6.07, 6.45) is 10.0. The Labute approximate surface area is 164 Å². The molecular formula is C22H37N3O2. The Hall–Kier alpha value is -1.59. The van der Waals surface area contributed by atoms with Gasteiger partial charge in [0.2, 0.25) is 0 Å². The van der Waals surface area contributed by atoms with E-state index in [9.17, 15) is 0 Å². The summed E-state index contributed by atoms with van der Waals surface area (Å²) in [5.74, 6) is 0.535. The van der Waals surface area contributed by atoms with Crippen molar-refractivity contribution in [3.8, 4) is 0 Å². The maximum absolute atomic E-state index is 6.00. The molecule has 0 aromatic heterocycles. The number of benzene rings is 1. The van der Waals surface area contributed by atoms with Gasteiger partial charge < -0.3 is 20.5 Å². The van der Waals surface area contributed by atoms with Gasteiger partial charge in [0.25, 0.3) is 0 Å². The van der Waals surface area contributed by atoms with E-state index in [0.29, 0.717) is 25.2 Å². The molecule has 5 nitrogen and oxygen atoms in total. The van der Waals surface area contributed by atoms with Gasteiger partial charge in [-0.25, -0.2) is 4.99 Å². The van der Waals surface area contributed by atoms with Crippen molar-refractivity contribution in [2.24, 2.45) is 10.7 Å². The van der Waals surface area contributed by atoms with E-state index in [1.165, 1.54) is 37.7 Å². The van der Waals surface area contributed by atoms with Gasteiger partial charge in [0, 0.05) is 19.8 Å². The summed E-state index contributed by atoms with van der Waals surface area (Å²) in [7, 11) is 0. The average molecular weight is 376 g/mol. The fraction of sp³-hybridized carbons (Fsp3) is 0.682. The van der Waals surface area contributed by atoms with Gasteiger partial charge in [-0.15, -0.1) is 0 Å². The summed E-state index contributed by atoms with van der Waals surface area (Å²) in [6, 6.07) is 8.41. The Morgan fingerprint density at radius 3 is 2.70 bits per heavy atom. The highest BCUT2D eigenvalue weighted by atomic mass is 16.5. The molecule has 2 rings (SSSR count). The fourth-order valence-corrected chi connectivity index (χ4v) is 3.23. The normalized spacial score (nSPS) is 15.8. The zero-order valence-electron chi connectivity index (χ0n) is 16.9. The molecule has 0 saturated carbocycles. The van der Waals surface area contributed by atoms with Crippen LogP contribution in [0, 0.1) is 0 Å². The second-order valence-corrected chi connectivity index (χ2v) is 7.34. The van der Waals surface area contributed by atoms with Crippen molar-refractivity contribution in [1.82, 2.24) is 5.32 Å². The number of aliphatic imine (C=N–C) groups is 1. The monoisotopic (exact) mass is 375 g/mol. The fourth-order valence-electron chi connectivity index (χ4n) is 3.23. The third-order valence-corrected chi connectivity index (χ3v) is 4.91. The molecule has 1 aliphatic rings. The number of rotatable bonds is 12. The van der Waals surface area contributed by atoms with E-state index >= 15 is 0 Å². The van der Waals surface area contributed by atoms with Crippen LogP contribution in [0.1, 0.15) is 69.4 Å². The van der Waals surface area contributed by atoms with Gasteiger partial charge >= 0.3 is 0 Å². The SMILES string of the molecule is CCCCCCCCNC(N)=NCc1cccc(COC2CCOCC2)c1. The highest BCUT2D eigenvalue weighted by Crippen LogP contribution is 2.14. The minimum atomic E-state index is 0.322. The molecule has 0 unspecified atom stereocenters. The minimum Gasteiger partial charge on any atom is -0.381 e. The molecule has 0 radical (unpaired) electrons. The predicted octanol–water partition coefficient (Wildman–Crippen LogP) is 4.15. The maximum atomic E-state index is 6.00. The molecule has 3 N–H and O–H groups in total. The molecule has 1 aliphatic heterocycles. The highest BCUT2D eigenvalue weighted by Gasteiger charge is 2.13. The van der Waals surface area contributed by atoms with Crippen molar-refractivity contribution in [2.75, 3.05) is 19.8 Å². The van der Waals surface area contributed by atoms with Gasteiger partial charge in [0.15, 0.2) is 5.96 Å². The van der Waals surface area contributed by atoms with Crippen LogP contribution in [0.5, 0.6) is 0 Å². The van der Waals surface area contributed by atoms with Crippen LogP contribution in [0.3, 0.4) is 0 Å². The van der Waals surface area contributed by atoms with E-state index in [2.05, 4.69) is 41.5 Å². The molecule has 1 aromatic carbocycles. The number of hydrogen-bond acceptors (Lipinski definition) is 3. The lowest BCUT2D eigenvalue weighted by molar-refractivity contribution is -0.0390. The van der Waals surface area contributed by atoms with Crippen molar-refractivity contribution in [2.45, 2.75) is 77.5 Å². The van der Waals surface area contributed by atoms with Crippen LogP contribution in [-0.4, -0.2) is 31.8 Å². The number of ether oxygens (including phenoxy) is 2. The molecule has 1 heterocycles. The van der Waals surface area contributed by atoms with Gasteiger partial charge in [0.1, 0.15) is 0 Å². The number of nitrogens with zero attached hydrogens (tertiary/aromatic N) is 1. The van der Waals surface area contributed by atoms with Crippen LogP contribution in [0.15, 0.2) is 29.3 Å². The second-order valence-electron chi connectivity index (χ2n) is 7.34. The average Bonchev–Trinajstić information content (AvgIpc) is 2.71. The Kier molecular flexibility index (Phi) is 10.9. The largest absolute Gasteiger partial charge is 0.381 e. The number of hydrogen-bond donors (Lipinski definition) is 2. The van der Waals surface area contributed by atoms with E-state index in [1.54, 1.807) is 0 Å². The van der Waals surface area contributed by atoms with Crippen molar-refractivity contribution in [1.29, 1.82) is 0 Å². The second kappa shape index (κ2) is 13.6. The van der Waals surface area contributed by atoms with Gasteiger partial charge in [-0.05, 0) is 30.4 Å². The van der Waals surface area contributed by atoms with E-state index < -0.39 is 0 Å². The summed E-state index contributed by atoms with van der Waals surface area (Å²) in [6.45, 7) is 6.01. The molecule has 1 aromatic rings. The molecule has 1 saturated heterocycles. The first-order valence-electron chi connectivity index (χ1n) is 10.6. The summed E-state index contributed by atoms with van der Waals surface area (Å²) >= 11 is 0. The Morgan fingerprint density at radius 1 is 1.15 bits per heavy atom. The standard InChI is InChI=1S/C22H37N3O2/c1-2-3-4-5-6-7-13-24-22(23)25-17-19-9-8-10-20(16-19)18-27-21-11-14-26-15-12-21/h8-10,16,21H,2-7,11-15,17-18H2,1H3,(H3,23,24,25). The molecule has 0 amide bonds. The third-order valence-electron chi connectivity index (χ3n) is 4.91. The van der Waals surface area contributed by atoms with E-state index in [4.69, 9.17) is 15.2 Å². The number of guanidine groups is 1. The highest BCUT2D eigenvalue weighted by molar-refractivity contribution is 5.77. The molecule has 0 aliphatic carbocycles. The summed E-state index contributed by atoms with van der Waals surface area (Å²) in [5, 5.41) is 3.22. The first-order valence-corrected chi connectivity index (χ1v) is 10.6. The van der Waals surface area contributed by atoms with Crippen LogP contribution in [-0.2, 0) is 22.6 Å². The van der Waals surface area contributed by atoms with Gasteiger partial charge in [0.05, 0.1) is 19.3 Å². The molecule has 0 atom stereocenters. The van der Waals surface area contributed by atoms with Crippen molar-refractivity contribution >= 4 is 5.96 Å². The summed E-state index contributed by atoms with van der Waals surface area (Å²) < 4.78 is 11.4. The quantitative estimate of drug-likeness (QED) is 0.327. The molecule has 27 heavy (non-hydrogen) atoms. The molecule has 1 fully saturated rings. The summed E-state index contributed by atoms with van der Waals surface area (Å²) in [4.78, 5) is 4.46. The van der Waals surface area contributed by atoms with Gasteiger partial charge in [-0.1, -0.05) is 63.3 Å². The molecule has 0 spiro atoms. The Bertz CT molecular complexity index is 542. The molecule has 0 bridgehead atoms. The Balaban J connectivity index is 1.64. The Morgan fingerprint density at radius 2 is 1.89 bits per heavy atom. The van der Waals surface area contributed by atoms with Crippen molar-refractivity contribution < 1.29 is 9.47 Å². The van der Waals surface area contributed by atoms with Crippen LogP contribution in [0.25, 0.3) is 0 Å². The zero-order chi connectivity index (χ0) is 19.2. The van der Waals surface area contributed by atoms with Crippen LogP contribution >= 0.6 is 0 Å². The van der Waals surface area contributed by atoms with E-state index in [-0.39, 0.29) is 0 Å².